The molecule has 0 amide bonds. The molecule has 0 aliphatic carbocycles. The maximum atomic E-state index is 14.2. The maximum absolute atomic E-state index is 14.2. The Morgan fingerprint density at radius 3 is 2.53 bits per heavy atom. The molecule has 2 heterocycles. The van der Waals surface area contributed by atoms with E-state index in [1.807, 2.05) is 38.1 Å². The molecule has 0 fully saturated rings. The summed E-state index contributed by atoms with van der Waals surface area (Å²) >= 11 is 13.9. The molecule has 4 aromatic rings. The van der Waals surface area contributed by atoms with Crippen molar-refractivity contribution in [3.63, 3.8) is 0 Å². The van der Waals surface area contributed by atoms with Gasteiger partial charge in [0.15, 0.2) is 16.3 Å². The van der Waals surface area contributed by atoms with Gasteiger partial charge in [-0.1, -0.05) is 58.8 Å². The van der Waals surface area contributed by atoms with Crippen molar-refractivity contribution in [2.45, 2.75) is 46.4 Å². The lowest BCUT2D eigenvalue weighted by atomic mass is 9.95. The first-order valence-electron chi connectivity index (χ1n) is 14.3. The Morgan fingerprint density at radius 2 is 1.82 bits per heavy atom. The third-order valence-corrected chi connectivity index (χ3v) is 8.57. The molecular weight excluding hydrogens is 635 g/mol. The number of aromatic nitrogens is 1. The number of carbonyl (C=O) groups is 1. The average molecular weight is 668 g/mol. The number of fused-ring (bicyclic) bond motifs is 1. The molecule has 0 saturated heterocycles. The van der Waals surface area contributed by atoms with E-state index in [1.54, 1.807) is 63.4 Å². The average Bonchev–Trinajstić information content (AvgIpc) is 3.30. The van der Waals surface area contributed by atoms with Crippen LogP contribution >= 0.6 is 34.5 Å². The number of nitrogens with zero attached hydrogens (tertiary/aromatic N) is 2. The minimum Gasteiger partial charge on any atom is -0.493 e. The van der Waals surface area contributed by atoms with E-state index < -0.39 is 12.0 Å². The van der Waals surface area contributed by atoms with Gasteiger partial charge < -0.3 is 18.9 Å². The van der Waals surface area contributed by atoms with Crippen LogP contribution in [-0.4, -0.2) is 30.4 Å². The number of esters is 1. The monoisotopic (exact) mass is 666 g/mol. The van der Waals surface area contributed by atoms with Crippen LogP contribution in [0.3, 0.4) is 0 Å². The highest BCUT2D eigenvalue weighted by Crippen LogP contribution is 2.36. The Kier molecular flexibility index (Phi) is 10.0. The van der Waals surface area contributed by atoms with Crippen LogP contribution in [0, 0.1) is 0 Å². The van der Waals surface area contributed by atoms with E-state index in [9.17, 15) is 9.59 Å². The second-order valence-corrected chi connectivity index (χ2v) is 12.3. The van der Waals surface area contributed by atoms with Crippen molar-refractivity contribution < 1.29 is 23.7 Å². The fourth-order valence-electron chi connectivity index (χ4n) is 4.99. The lowest BCUT2D eigenvalue weighted by Crippen LogP contribution is -2.40. The van der Waals surface area contributed by atoms with Gasteiger partial charge >= 0.3 is 5.97 Å². The van der Waals surface area contributed by atoms with Gasteiger partial charge in [0, 0.05) is 21.2 Å². The van der Waals surface area contributed by atoms with Gasteiger partial charge in [-0.05, 0) is 75.7 Å². The Hall–Kier alpha value is -4.05. The standard InChI is InChI=1S/C34H32Cl2N2O6S/c1-6-42-33(40)30-20(4)37-34-38(31(30)21-11-13-27(44-19(2)3)28(16-21)41-5)32(39)29(45-34)17-23-15-24(35)12-14-26(23)43-18-22-9-7-8-10-25(22)36/h7-17,19,31H,6,18H2,1-5H3/b29-17+/t31-/m1/s1. The molecule has 0 saturated carbocycles. The zero-order valence-corrected chi connectivity index (χ0v) is 27.8. The van der Waals surface area contributed by atoms with Crippen LogP contribution in [0.4, 0.5) is 0 Å². The van der Waals surface area contributed by atoms with Gasteiger partial charge in [-0.2, -0.15) is 0 Å². The lowest BCUT2D eigenvalue weighted by Gasteiger charge is -2.25. The van der Waals surface area contributed by atoms with Crippen molar-refractivity contribution >= 4 is 46.6 Å². The molecule has 1 aliphatic rings. The first-order valence-corrected chi connectivity index (χ1v) is 15.9. The molecule has 234 valence electrons. The first kappa shape index (κ1) is 32.3. The van der Waals surface area contributed by atoms with Crippen LogP contribution in [0.5, 0.6) is 17.2 Å². The van der Waals surface area contributed by atoms with Crippen molar-refractivity contribution in [2.75, 3.05) is 13.7 Å². The van der Waals surface area contributed by atoms with Crippen molar-refractivity contribution in [3.05, 3.63) is 118 Å². The molecule has 1 atom stereocenters. The van der Waals surface area contributed by atoms with Gasteiger partial charge in [0.25, 0.3) is 5.56 Å². The van der Waals surface area contributed by atoms with E-state index in [1.165, 1.54) is 15.9 Å². The van der Waals surface area contributed by atoms with Crippen LogP contribution in [0.25, 0.3) is 6.08 Å². The Morgan fingerprint density at radius 1 is 1.07 bits per heavy atom. The molecule has 0 N–H and O–H groups in total. The summed E-state index contributed by atoms with van der Waals surface area (Å²) in [7, 11) is 1.54. The van der Waals surface area contributed by atoms with Crippen LogP contribution in [-0.2, 0) is 16.1 Å². The van der Waals surface area contributed by atoms with Crippen molar-refractivity contribution in [1.29, 1.82) is 0 Å². The van der Waals surface area contributed by atoms with E-state index in [2.05, 4.69) is 4.99 Å². The lowest BCUT2D eigenvalue weighted by molar-refractivity contribution is -0.139. The SMILES string of the molecule is CCOC(=O)C1=C(C)N=c2s/c(=C/c3cc(Cl)ccc3OCc3ccccc3Cl)c(=O)n2[C@@H]1c1ccc(OC(C)C)c(OC)c1. The molecule has 0 bridgehead atoms. The van der Waals surface area contributed by atoms with Gasteiger partial charge in [0.1, 0.15) is 12.4 Å². The summed E-state index contributed by atoms with van der Waals surface area (Å²) in [4.78, 5) is 32.6. The Labute approximate surface area is 274 Å². The molecule has 0 unspecified atom stereocenters. The number of halogens is 2. The minimum atomic E-state index is -0.820. The number of hydrogen-bond acceptors (Lipinski definition) is 8. The summed E-state index contributed by atoms with van der Waals surface area (Å²) in [5, 5.41) is 1.07. The molecule has 1 aliphatic heterocycles. The predicted octanol–water partition coefficient (Wildman–Crippen LogP) is 6.48. The normalized spacial score (nSPS) is 14.7. The number of ether oxygens (including phenoxy) is 4. The molecule has 45 heavy (non-hydrogen) atoms. The summed E-state index contributed by atoms with van der Waals surface area (Å²) < 4.78 is 25.0. The Balaban J connectivity index is 1.64. The van der Waals surface area contributed by atoms with Gasteiger partial charge in [-0.15, -0.1) is 0 Å². The Bertz CT molecular complexity index is 1960. The van der Waals surface area contributed by atoms with Gasteiger partial charge in [-0.3, -0.25) is 9.36 Å². The third kappa shape index (κ3) is 6.96. The zero-order chi connectivity index (χ0) is 32.2. The highest BCUT2D eigenvalue weighted by Gasteiger charge is 2.34. The van der Waals surface area contributed by atoms with Gasteiger partial charge in [-0.25, -0.2) is 9.79 Å². The predicted molar refractivity (Wildman–Crippen MR) is 176 cm³/mol. The van der Waals surface area contributed by atoms with Crippen molar-refractivity contribution in [2.24, 2.45) is 4.99 Å². The number of hydrogen-bond donors (Lipinski definition) is 0. The summed E-state index contributed by atoms with van der Waals surface area (Å²) in [5.74, 6) is 0.993. The molecular formula is C34H32Cl2N2O6S. The van der Waals surface area contributed by atoms with Crippen molar-refractivity contribution in [1.82, 2.24) is 4.57 Å². The highest BCUT2D eigenvalue weighted by molar-refractivity contribution is 7.07. The van der Waals surface area contributed by atoms with E-state index in [-0.39, 0.29) is 30.5 Å². The second kappa shape index (κ2) is 13.9. The summed E-state index contributed by atoms with van der Waals surface area (Å²) in [6.07, 6.45) is 1.64. The fraction of sp³-hybridized carbons (Fsp3) is 0.265. The third-order valence-electron chi connectivity index (χ3n) is 6.98. The van der Waals surface area contributed by atoms with Gasteiger partial charge in [0.05, 0.1) is 41.7 Å². The van der Waals surface area contributed by atoms with E-state index in [0.717, 1.165) is 5.56 Å². The summed E-state index contributed by atoms with van der Waals surface area (Å²) in [6.45, 7) is 7.70. The second-order valence-electron chi connectivity index (χ2n) is 10.4. The van der Waals surface area contributed by atoms with Crippen LogP contribution in [0.2, 0.25) is 10.0 Å². The molecule has 11 heteroatoms. The molecule has 5 rings (SSSR count). The van der Waals surface area contributed by atoms with Crippen LogP contribution in [0.1, 0.15) is 50.4 Å². The molecule has 0 spiro atoms. The van der Waals surface area contributed by atoms with E-state index in [0.29, 0.717) is 53.5 Å². The van der Waals surface area contributed by atoms with Crippen molar-refractivity contribution in [3.8, 4) is 17.2 Å². The largest absolute Gasteiger partial charge is 0.493 e. The zero-order valence-electron chi connectivity index (χ0n) is 25.4. The number of thiazole rings is 1. The van der Waals surface area contributed by atoms with Gasteiger partial charge in [0.2, 0.25) is 0 Å². The molecule has 3 aromatic carbocycles. The quantitative estimate of drug-likeness (QED) is 0.180. The molecule has 0 radical (unpaired) electrons. The van der Waals surface area contributed by atoms with Crippen LogP contribution in [0.15, 0.2) is 81.7 Å². The highest BCUT2D eigenvalue weighted by atomic mass is 35.5. The molecule has 8 nitrogen and oxygen atoms in total. The number of benzene rings is 3. The topological polar surface area (TPSA) is 88.4 Å². The number of allylic oxidation sites excluding steroid dienone is 1. The van der Waals surface area contributed by atoms with E-state index >= 15 is 0 Å². The smallest absolute Gasteiger partial charge is 0.338 e. The number of methoxy groups -OCH3 is 1. The number of rotatable bonds is 10. The summed E-state index contributed by atoms with van der Waals surface area (Å²) in [6, 6.07) is 17.2. The first-order chi connectivity index (χ1) is 21.6. The van der Waals surface area contributed by atoms with Crippen LogP contribution < -0.4 is 29.1 Å². The van der Waals surface area contributed by atoms with E-state index in [4.69, 9.17) is 42.1 Å². The molecule has 1 aromatic heterocycles. The fourth-order valence-corrected chi connectivity index (χ4v) is 6.40. The maximum Gasteiger partial charge on any atom is 0.338 e. The number of carbonyl (C=O) groups excluding carboxylic acids is 1. The minimum absolute atomic E-state index is 0.0790. The summed E-state index contributed by atoms with van der Waals surface area (Å²) in [5.41, 5.74) is 2.45.